The summed E-state index contributed by atoms with van der Waals surface area (Å²) >= 11 is 0. The van der Waals surface area contributed by atoms with E-state index in [0.29, 0.717) is 34.6 Å². The monoisotopic (exact) mass is 470 g/mol. The lowest BCUT2D eigenvalue weighted by Crippen LogP contribution is -2.19. The van der Waals surface area contributed by atoms with Crippen LogP contribution < -0.4 is 0 Å². The third-order valence-electron chi connectivity index (χ3n) is 5.02. The molecule has 0 aliphatic rings. The number of carboxylic acid groups (broad SMARTS) is 1. The van der Waals surface area contributed by atoms with Crippen molar-refractivity contribution in [2.45, 2.75) is 38.5 Å². The summed E-state index contributed by atoms with van der Waals surface area (Å²) in [5.41, 5.74) is 2.20. The topological polar surface area (TPSA) is 121 Å². The Morgan fingerprint density at radius 3 is 2.09 bits per heavy atom. The van der Waals surface area contributed by atoms with Gasteiger partial charge < -0.3 is 15.3 Å². The number of nitrogens with zero attached hydrogens (tertiary/aromatic N) is 4. The zero-order chi connectivity index (χ0) is 24.7. The van der Waals surface area contributed by atoms with E-state index in [1.807, 2.05) is 6.92 Å². The van der Waals surface area contributed by atoms with Crippen molar-refractivity contribution < 1.29 is 28.9 Å². The summed E-state index contributed by atoms with van der Waals surface area (Å²) in [6, 6.07) is 11.4. The highest BCUT2D eigenvalue weighted by molar-refractivity contribution is 6.00. The Bertz CT molecular complexity index is 1130. The van der Waals surface area contributed by atoms with E-state index in [0.717, 1.165) is 0 Å². The fourth-order valence-corrected chi connectivity index (χ4v) is 3.44. The van der Waals surface area contributed by atoms with E-state index in [-0.39, 0.29) is 6.42 Å². The van der Waals surface area contributed by atoms with E-state index in [9.17, 15) is 23.8 Å². The third kappa shape index (κ3) is 6.40. The van der Waals surface area contributed by atoms with E-state index in [1.165, 1.54) is 35.0 Å². The second kappa shape index (κ2) is 11.4. The number of aliphatic hydroxyl groups excluding tert-OH is 2. The minimum Gasteiger partial charge on any atom is -0.481 e. The van der Waals surface area contributed by atoms with Gasteiger partial charge in [-0.05, 0) is 58.3 Å². The highest BCUT2D eigenvalue weighted by Crippen LogP contribution is 2.33. The van der Waals surface area contributed by atoms with Crippen LogP contribution in [0.5, 0.6) is 0 Å². The summed E-state index contributed by atoms with van der Waals surface area (Å²) in [6.07, 6.45) is -0.160. The van der Waals surface area contributed by atoms with Gasteiger partial charge in [0.1, 0.15) is 11.6 Å². The second-order valence-corrected chi connectivity index (χ2v) is 7.53. The summed E-state index contributed by atoms with van der Waals surface area (Å²) in [5.74, 6) is -1.69. The molecule has 2 aromatic carbocycles. The van der Waals surface area contributed by atoms with Crippen molar-refractivity contribution in [1.29, 1.82) is 0 Å². The molecule has 178 valence electrons. The lowest BCUT2D eigenvalue weighted by molar-refractivity contribution is -0.139. The predicted octanol–water partition coefficient (Wildman–Crippen LogP) is 3.07. The van der Waals surface area contributed by atoms with E-state index >= 15 is 0 Å². The Morgan fingerprint density at radius 1 is 1.03 bits per heavy atom. The highest BCUT2D eigenvalue weighted by atomic mass is 19.1. The SMILES string of the molecule is CCn1nnnc1C(/C=C/C(O)CC(O)CC(=O)O)=C(c1ccc(F)cc1)c1ccc(F)cc1. The number of aliphatic carboxylic acids is 1. The molecule has 0 radical (unpaired) electrons. The molecule has 0 aliphatic carbocycles. The molecule has 1 aromatic heterocycles. The molecule has 2 atom stereocenters. The van der Waals surface area contributed by atoms with Gasteiger partial charge in [-0.3, -0.25) is 4.79 Å². The molecule has 8 nitrogen and oxygen atoms in total. The zero-order valence-electron chi connectivity index (χ0n) is 18.3. The second-order valence-electron chi connectivity index (χ2n) is 7.53. The molecule has 10 heteroatoms. The quantitative estimate of drug-likeness (QED) is 0.389. The summed E-state index contributed by atoms with van der Waals surface area (Å²) < 4.78 is 28.8. The summed E-state index contributed by atoms with van der Waals surface area (Å²) in [5, 5.41) is 40.8. The maximum absolute atomic E-state index is 13.6. The average Bonchev–Trinajstić information content (AvgIpc) is 3.26. The summed E-state index contributed by atoms with van der Waals surface area (Å²) in [6.45, 7) is 2.27. The van der Waals surface area contributed by atoms with Gasteiger partial charge >= 0.3 is 5.97 Å². The molecule has 0 bridgehead atoms. The first-order valence-electron chi connectivity index (χ1n) is 10.6. The summed E-state index contributed by atoms with van der Waals surface area (Å²) in [7, 11) is 0. The van der Waals surface area contributed by atoms with Gasteiger partial charge in [0.15, 0.2) is 5.82 Å². The average molecular weight is 470 g/mol. The summed E-state index contributed by atoms with van der Waals surface area (Å²) in [4.78, 5) is 10.8. The van der Waals surface area contributed by atoms with Crippen LogP contribution in [0.3, 0.4) is 0 Å². The molecule has 3 aromatic rings. The van der Waals surface area contributed by atoms with Crippen LogP contribution in [0.4, 0.5) is 8.78 Å². The van der Waals surface area contributed by atoms with Crippen molar-refractivity contribution in [1.82, 2.24) is 20.2 Å². The number of aromatic nitrogens is 4. The van der Waals surface area contributed by atoms with Crippen LogP contribution in [0, 0.1) is 11.6 Å². The number of aliphatic hydroxyl groups is 2. The van der Waals surface area contributed by atoms with Crippen LogP contribution in [0.2, 0.25) is 0 Å². The molecule has 3 N–H and O–H groups in total. The molecule has 0 spiro atoms. The van der Waals surface area contributed by atoms with Crippen molar-refractivity contribution in [3.8, 4) is 0 Å². The number of benzene rings is 2. The van der Waals surface area contributed by atoms with Crippen molar-refractivity contribution in [2.24, 2.45) is 0 Å². The molecule has 1 heterocycles. The van der Waals surface area contributed by atoms with Crippen LogP contribution in [0.15, 0.2) is 60.7 Å². The van der Waals surface area contributed by atoms with Gasteiger partial charge in [0.25, 0.3) is 0 Å². The number of halogens is 2. The van der Waals surface area contributed by atoms with Gasteiger partial charge in [0.2, 0.25) is 0 Å². The van der Waals surface area contributed by atoms with Gasteiger partial charge in [0, 0.05) is 18.5 Å². The smallest absolute Gasteiger partial charge is 0.305 e. The highest BCUT2D eigenvalue weighted by Gasteiger charge is 2.19. The molecular formula is C24H24F2N4O4. The van der Waals surface area contributed by atoms with Gasteiger partial charge in [-0.25, -0.2) is 13.5 Å². The fraction of sp³-hybridized carbons (Fsp3) is 0.250. The number of tetrazole rings is 1. The molecule has 0 saturated carbocycles. The van der Waals surface area contributed by atoms with Crippen LogP contribution >= 0.6 is 0 Å². The molecule has 0 saturated heterocycles. The van der Waals surface area contributed by atoms with Crippen molar-refractivity contribution in [3.63, 3.8) is 0 Å². The third-order valence-corrected chi connectivity index (χ3v) is 5.02. The number of carboxylic acids is 1. The Labute approximate surface area is 194 Å². The number of hydrogen-bond acceptors (Lipinski definition) is 6. The predicted molar refractivity (Wildman–Crippen MR) is 120 cm³/mol. The number of hydrogen-bond donors (Lipinski definition) is 3. The first kappa shape index (κ1) is 24.9. The number of allylic oxidation sites excluding steroid dienone is 2. The maximum Gasteiger partial charge on any atom is 0.305 e. The molecule has 0 fully saturated rings. The van der Waals surface area contributed by atoms with Crippen molar-refractivity contribution >= 4 is 17.1 Å². The fourth-order valence-electron chi connectivity index (χ4n) is 3.44. The van der Waals surface area contributed by atoms with Gasteiger partial charge in [-0.15, -0.1) is 5.10 Å². The number of aryl methyl sites for hydroxylation is 1. The lowest BCUT2D eigenvalue weighted by Gasteiger charge is -2.15. The minimum absolute atomic E-state index is 0.197. The van der Waals surface area contributed by atoms with E-state index in [1.54, 1.807) is 30.3 Å². The minimum atomic E-state index is -1.24. The van der Waals surface area contributed by atoms with E-state index < -0.39 is 36.2 Å². The standard InChI is InChI=1S/C24H24F2N4O4/c1-2-30-24(27-28-29-30)21(12-11-19(31)13-20(32)14-22(33)34)23(15-3-7-17(25)8-4-15)16-5-9-18(26)10-6-16/h3-12,19-20,31-32H,2,13-14H2,1H3,(H,33,34)/b12-11+. The van der Waals surface area contributed by atoms with Crippen LogP contribution in [-0.2, 0) is 11.3 Å². The van der Waals surface area contributed by atoms with Crippen LogP contribution in [0.1, 0.15) is 36.7 Å². The molecule has 0 aliphatic heterocycles. The van der Waals surface area contributed by atoms with Crippen molar-refractivity contribution in [3.05, 3.63) is 89.3 Å². The van der Waals surface area contributed by atoms with Crippen LogP contribution in [0.25, 0.3) is 11.1 Å². The number of rotatable bonds is 10. The zero-order valence-corrected chi connectivity index (χ0v) is 18.3. The Balaban J connectivity index is 2.16. The maximum atomic E-state index is 13.6. The van der Waals surface area contributed by atoms with Gasteiger partial charge in [0.05, 0.1) is 18.6 Å². The van der Waals surface area contributed by atoms with Crippen molar-refractivity contribution in [2.75, 3.05) is 0 Å². The molecule has 3 rings (SSSR count). The first-order chi connectivity index (χ1) is 16.3. The Hall–Kier alpha value is -3.76. The largest absolute Gasteiger partial charge is 0.481 e. The Morgan fingerprint density at radius 2 is 1.59 bits per heavy atom. The lowest BCUT2D eigenvalue weighted by atomic mass is 9.91. The van der Waals surface area contributed by atoms with E-state index in [2.05, 4.69) is 15.5 Å². The van der Waals surface area contributed by atoms with Gasteiger partial charge in [-0.2, -0.15) is 0 Å². The Kier molecular flexibility index (Phi) is 8.34. The molecule has 0 amide bonds. The molecular weight excluding hydrogens is 446 g/mol. The van der Waals surface area contributed by atoms with E-state index in [4.69, 9.17) is 5.11 Å². The van der Waals surface area contributed by atoms with Gasteiger partial charge in [-0.1, -0.05) is 36.4 Å². The molecule has 2 unspecified atom stereocenters. The normalized spacial score (nSPS) is 13.1. The molecule has 34 heavy (non-hydrogen) atoms. The first-order valence-corrected chi connectivity index (χ1v) is 10.6. The number of carbonyl (C=O) groups is 1. The van der Waals surface area contributed by atoms with Crippen LogP contribution in [-0.4, -0.2) is 53.7 Å².